The third-order valence-electron chi connectivity index (χ3n) is 4.92. The molecule has 2 aliphatic carbocycles. The summed E-state index contributed by atoms with van der Waals surface area (Å²) in [4.78, 5) is 11.9. The molecular weight excluding hydrogens is 224 g/mol. The summed E-state index contributed by atoms with van der Waals surface area (Å²) in [6.45, 7) is 6.88. The van der Waals surface area contributed by atoms with Crippen LogP contribution in [0.3, 0.4) is 0 Å². The van der Waals surface area contributed by atoms with E-state index in [-0.39, 0.29) is 11.0 Å². The first-order valence-corrected chi connectivity index (χ1v) is 7.88. The molecule has 0 aromatic carbocycles. The molecule has 2 saturated carbocycles. The lowest BCUT2D eigenvalue weighted by molar-refractivity contribution is -0.411. The molecule has 0 saturated heterocycles. The van der Waals surface area contributed by atoms with Gasteiger partial charge in [-0.15, -0.1) is 0 Å². The first-order valence-electron chi connectivity index (χ1n) is 7.88. The van der Waals surface area contributed by atoms with E-state index in [2.05, 4.69) is 20.8 Å². The molecule has 0 aliphatic heterocycles. The Labute approximate surface area is 112 Å². The summed E-state index contributed by atoms with van der Waals surface area (Å²) in [5, 5.41) is 0. The zero-order valence-corrected chi connectivity index (χ0v) is 12.5. The van der Waals surface area contributed by atoms with Crippen molar-refractivity contribution in [3.63, 3.8) is 0 Å². The van der Waals surface area contributed by atoms with Crippen molar-refractivity contribution in [1.29, 1.82) is 0 Å². The molecule has 0 amide bonds. The van der Waals surface area contributed by atoms with Crippen LogP contribution in [0, 0.1) is 5.41 Å². The molecule has 18 heavy (non-hydrogen) atoms. The van der Waals surface area contributed by atoms with Gasteiger partial charge in [-0.25, -0.2) is 9.78 Å². The van der Waals surface area contributed by atoms with Crippen LogP contribution in [0.4, 0.5) is 0 Å². The predicted molar refractivity (Wildman–Crippen MR) is 74.3 cm³/mol. The Balaban J connectivity index is 1.92. The van der Waals surface area contributed by atoms with E-state index < -0.39 is 0 Å². The highest BCUT2D eigenvalue weighted by Gasteiger charge is 2.45. The van der Waals surface area contributed by atoms with Crippen LogP contribution >= 0.6 is 0 Å². The van der Waals surface area contributed by atoms with Gasteiger partial charge in [-0.05, 0) is 31.1 Å². The van der Waals surface area contributed by atoms with Crippen molar-refractivity contribution in [3.8, 4) is 0 Å². The third-order valence-corrected chi connectivity index (χ3v) is 4.92. The largest absolute Gasteiger partial charge is 0.233 e. The van der Waals surface area contributed by atoms with Crippen LogP contribution in [0.5, 0.6) is 0 Å². The Kier molecular flexibility index (Phi) is 4.71. The molecule has 0 radical (unpaired) electrons. The zero-order chi connectivity index (χ0) is 13.1. The van der Waals surface area contributed by atoms with Crippen LogP contribution < -0.4 is 0 Å². The SMILES string of the molecule is CC(C)(C)C1(OOC2CCCCC2)CCCCC1. The van der Waals surface area contributed by atoms with Gasteiger partial charge in [0, 0.05) is 0 Å². The van der Waals surface area contributed by atoms with Gasteiger partial charge in [0.25, 0.3) is 0 Å². The summed E-state index contributed by atoms with van der Waals surface area (Å²) in [6.07, 6.45) is 12.9. The number of hydrogen-bond acceptors (Lipinski definition) is 2. The maximum atomic E-state index is 6.07. The molecule has 0 aromatic heterocycles. The highest BCUT2D eigenvalue weighted by Crippen LogP contribution is 2.45. The molecule has 0 bridgehead atoms. The van der Waals surface area contributed by atoms with E-state index >= 15 is 0 Å². The summed E-state index contributed by atoms with van der Waals surface area (Å²) in [7, 11) is 0. The highest BCUT2D eigenvalue weighted by molar-refractivity contribution is 4.93. The maximum absolute atomic E-state index is 6.07. The van der Waals surface area contributed by atoms with Crippen molar-refractivity contribution in [1.82, 2.24) is 0 Å². The fraction of sp³-hybridized carbons (Fsp3) is 1.00. The molecule has 2 rings (SSSR count). The topological polar surface area (TPSA) is 18.5 Å². The molecule has 2 fully saturated rings. The van der Waals surface area contributed by atoms with E-state index in [9.17, 15) is 0 Å². The minimum absolute atomic E-state index is 0.0529. The van der Waals surface area contributed by atoms with Crippen LogP contribution in [0.2, 0.25) is 0 Å². The van der Waals surface area contributed by atoms with Crippen molar-refractivity contribution in [3.05, 3.63) is 0 Å². The second-order valence-electron chi connectivity index (χ2n) is 7.24. The summed E-state index contributed by atoms with van der Waals surface area (Å²) in [5.41, 5.74) is 0.116. The Morgan fingerprint density at radius 3 is 1.94 bits per heavy atom. The van der Waals surface area contributed by atoms with Crippen molar-refractivity contribution < 1.29 is 9.78 Å². The first-order chi connectivity index (χ1) is 8.54. The second-order valence-corrected chi connectivity index (χ2v) is 7.24. The van der Waals surface area contributed by atoms with E-state index in [1.165, 1.54) is 51.4 Å². The van der Waals surface area contributed by atoms with Gasteiger partial charge in [0.05, 0.1) is 6.10 Å². The van der Waals surface area contributed by atoms with Crippen LogP contribution in [-0.4, -0.2) is 11.7 Å². The second kappa shape index (κ2) is 5.92. The first kappa shape index (κ1) is 14.3. The normalized spacial score (nSPS) is 26.2. The van der Waals surface area contributed by atoms with Gasteiger partial charge in [-0.1, -0.05) is 59.3 Å². The lowest BCUT2D eigenvalue weighted by atomic mass is 9.68. The van der Waals surface area contributed by atoms with Crippen LogP contribution in [0.1, 0.15) is 85.0 Å². The molecule has 0 heterocycles. The van der Waals surface area contributed by atoms with Gasteiger partial charge < -0.3 is 0 Å². The molecule has 0 atom stereocenters. The third kappa shape index (κ3) is 3.27. The molecule has 2 aliphatic rings. The van der Waals surface area contributed by atoms with E-state index in [1.807, 2.05) is 0 Å². The summed E-state index contributed by atoms with van der Waals surface area (Å²) >= 11 is 0. The van der Waals surface area contributed by atoms with Crippen LogP contribution in [0.25, 0.3) is 0 Å². The fourth-order valence-electron chi connectivity index (χ4n) is 3.40. The molecular formula is C16H30O2. The molecule has 2 nitrogen and oxygen atoms in total. The van der Waals surface area contributed by atoms with E-state index in [1.54, 1.807) is 0 Å². The van der Waals surface area contributed by atoms with Crippen LogP contribution in [0.15, 0.2) is 0 Å². The Morgan fingerprint density at radius 1 is 0.833 bits per heavy atom. The van der Waals surface area contributed by atoms with Crippen LogP contribution in [-0.2, 0) is 9.78 Å². The minimum Gasteiger partial charge on any atom is -0.233 e. The molecule has 0 aromatic rings. The molecule has 106 valence electrons. The molecule has 0 unspecified atom stereocenters. The smallest absolute Gasteiger partial charge is 0.108 e. The lowest BCUT2D eigenvalue weighted by Gasteiger charge is -2.46. The van der Waals surface area contributed by atoms with Gasteiger partial charge in [0.15, 0.2) is 0 Å². The Bertz CT molecular complexity index is 242. The summed E-state index contributed by atoms with van der Waals surface area (Å²) < 4.78 is 0. The molecule has 0 spiro atoms. The van der Waals surface area contributed by atoms with Gasteiger partial charge in [-0.2, -0.15) is 0 Å². The summed E-state index contributed by atoms with van der Waals surface area (Å²) in [5.74, 6) is 0. The van der Waals surface area contributed by atoms with E-state index in [0.717, 1.165) is 12.8 Å². The van der Waals surface area contributed by atoms with E-state index in [0.29, 0.717) is 6.10 Å². The minimum atomic E-state index is -0.0529. The monoisotopic (exact) mass is 254 g/mol. The van der Waals surface area contributed by atoms with Gasteiger partial charge in [0.2, 0.25) is 0 Å². The van der Waals surface area contributed by atoms with Crippen molar-refractivity contribution in [2.45, 2.75) is 96.7 Å². The Hall–Kier alpha value is -0.0800. The highest BCUT2D eigenvalue weighted by atomic mass is 17.2. The fourth-order valence-corrected chi connectivity index (χ4v) is 3.40. The van der Waals surface area contributed by atoms with E-state index in [4.69, 9.17) is 9.78 Å². The van der Waals surface area contributed by atoms with Gasteiger partial charge >= 0.3 is 0 Å². The van der Waals surface area contributed by atoms with Gasteiger partial charge in [-0.3, -0.25) is 0 Å². The predicted octanol–water partition coefficient (Wildman–Crippen LogP) is 5.02. The summed E-state index contributed by atoms with van der Waals surface area (Å²) in [6, 6.07) is 0. The standard InChI is InChI=1S/C16H30O2/c1-15(2,3)16(12-8-5-9-13-16)18-17-14-10-6-4-7-11-14/h14H,4-13H2,1-3H3. The molecule has 2 heteroatoms. The van der Waals surface area contributed by atoms with Gasteiger partial charge in [0.1, 0.15) is 5.60 Å². The average molecular weight is 254 g/mol. The quantitative estimate of drug-likeness (QED) is 0.520. The maximum Gasteiger partial charge on any atom is 0.108 e. The number of hydrogen-bond donors (Lipinski definition) is 0. The number of rotatable bonds is 3. The van der Waals surface area contributed by atoms with Crippen molar-refractivity contribution >= 4 is 0 Å². The zero-order valence-electron chi connectivity index (χ0n) is 12.5. The Morgan fingerprint density at radius 2 is 1.39 bits per heavy atom. The average Bonchev–Trinajstić information content (AvgIpc) is 2.37. The van der Waals surface area contributed by atoms with Crippen molar-refractivity contribution in [2.24, 2.45) is 5.41 Å². The molecule has 0 N–H and O–H groups in total. The lowest BCUT2D eigenvalue weighted by Crippen LogP contribution is -2.47. The van der Waals surface area contributed by atoms with Crippen molar-refractivity contribution in [2.75, 3.05) is 0 Å².